The van der Waals surface area contributed by atoms with Crippen molar-refractivity contribution in [1.82, 2.24) is 9.97 Å². The van der Waals surface area contributed by atoms with E-state index in [2.05, 4.69) is 31.2 Å². The van der Waals surface area contributed by atoms with Gasteiger partial charge in [0.05, 0.1) is 6.54 Å². The van der Waals surface area contributed by atoms with Crippen LogP contribution in [0.15, 0.2) is 16.9 Å². The Morgan fingerprint density at radius 2 is 2.50 bits per heavy atom. The average Bonchev–Trinajstić information content (AvgIpc) is 2.24. The highest BCUT2D eigenvalue weighted by atomic mass is 79.9. The summed E-state index contributed by atoms with van der Waals surface area (Å²) in [7, 11) is 0. The summed E-state index contributed by atoms with van der Waals surface area (Å²) in [4.78, 5) is 18.6. The van der Waals surface area contributed by atoms with Crippen LogP contribution < -0.4 is 11.1 Å². The molecule has 1 rings (SSSR count). The standard InChI is InChI=1S/C9H13BrN4O2/c1-2-6(16-8(11)15)5-13-9-12-4-3-7(10)14-9/h3-4,6H,2,5H2,1H3,(H2,11,15)(H,12,13,14). The third-order valence-corrected chi connectivity index (χ3v) is 2.29. The summed E-state index contributed by atoms with van der Waals surface area (Å²) in [6.07, 6.45) is 1.24. The number of aromatic nitrogens is 2. The van der Waals surface area contributed by atoms with Gasteiger partial charge in [-0.2, -0.15) is 0 Å². The third kappa shape index (κ3) is 4.43. The molecule has 16 heavy (non-hydrogen) atoms. The number of nitrogens with zero attached hydrogens (tertiary/aromatic N) is 2. The number of hydrogen-bond acceptors (Lipinski definition) is 5. The molecular weight excluding hydrogens is 276 g/mol. The highest BCUT2D eigenvalue weighted by Gasteiger charge is 2.10. The first kappa shape index (κ1) is 12.7. The minimum absolute atomic E-state index is 0.278. The third-order valence-electron chi connectivity index (χ3n) is 1.85. The Morgan fingerprint density at radius 1 is 1.75 bits per heavy atom. The van der Waals surface area contributed by atoms with Crippen molar-refractivity contribution in [2.45, 2.75) is 19.4 Å². The predicted octanol–water partition coefficient (Wildman–Crippen LogP) is 1.52. The Bertz CT molecular complexity index is 361. The van der Waals surface area contributed by atoms with Gasteiger partial charge >= 0.3 is 6.09 Å². The van der Waals surface area contributed by atoms with Crippen LogP contribution in [0.4, 0.5) is 10.7 Å². The van der Waals surface area contributed by atoms with Gasteiger partial charge < -0.3 is 15.8 Å². The molecule has 0 radical (unpaired) electrons. The number of rotatable bonds is 5. The number of ether oxygens (including phenoxy) is 1. The Hall–Kier alpha value is -1.37. The molecule has 0 saturated carbocycles. The van der Waals surface area contributed by atoms with Gasteiger partial charge in [0.15, 0.2) is 0 Å². The quantitative estimate of drug-likeness (QED) is 0.802. The molecule has 0 saturated heterocycles. The first-order valence-corrected chi connectivity index (χ1v) is 5.59. The molecule has 0 fully saturated rings. The van der Waals surface area contributed by atoms with Gasteiger partial charge in [-0.1, -0.05) is 6.92 Å². The number of anilines is 1. The summed E-state index contributed by atoms with van der Waals surface area (Å²) in [5.74, 6) is 0.473. The summed E-state index contributed by atoms with van der Waals surface area (Å²) in [5, 5.41) is 2.96. The van der Waals surface area contributed by atoms with Crippen LogP contribution in [0.1, 0.15) is 13.3 Å². The fourth-order valence-corrected chi connectivity index (χ4v) is 1.35. The SMILES string of the molecule is CCC(CNc1nccc(Br)n1)OC(N)=O. The molecule has 0 aliphatic carbocycles. The van der Waals surface area contributed by atoms with Crippen molar-refractivity contribution in [3.63, 3.8) is 0 Å². The predicted molar refractivity (Wildman–Crippen MR) is 63.0 cm³/mol. The molecule has 3 N–H and O–H groups in total. The molecule has 0 spiro atoms. The number of nitrogens with two attached hydrogens (primary N) is 1. The number of carbonyl (C=O) groups excluding carboxylic acids is 1. The first-order valence-electron chi connectivity index (χ1n) is 4.80. The van der Waals surface area contributed by atoms with Gasteiger partial charge in [0, 0.05) is 6.20 Å². The zero-order chi connectivity index (χ0) is 12.0. The van der Waals surface area contributed by atoms with Crippen LogP contribution in [-0.2, 0) is 4.74 Å². The molecule has 0 aliphatic heterocycles. The molecular formula is C9H13BrN4O2. The second-order valence-corrected chi connectivity index (χ2v) is 3.86. The maximum absolute atomic E-state index is 10.6. The molecule has 6 nitrogen and oxygen atoms in total. The van der Waals surface area contributed by atoms with E-state index < -0.39 is 6.09 Å². The molecule has 88 valence electrons. The largest absolute Gasteiger partial charge is 0.445 e. The van der Waals surface area contributed by atoms with Gasteiger partial charge in [-0.3, -0.25) is 0 Å². The van der Waals surface area contributed by atoms with Crippen molar-refractivity contribution < 1.29 is 9.53 Å². The Labute approximate surface area is 102 Å². The van der Waals surface area contributed by atoms with E-state index in [0.717, 1.165) is 0 Å². The van der Waals surface area contributed by atoms with Gasteiger partial charge in [0.2, 0.25) is 5.95 Å². The van der Waals surface area contributed by atoms with E-state index in [1.165, 1.54) is 0 Å². The van der Waals surface area contributed by atoms with Gasteiger partial charge in [-0.25, -0.2) is 14.8 Å². The normalized spacial score (nSPS) is 11.9. The molecule has 0 bridgehead atoms. The zero-order valence-electron chi connectivity index (χ0n) is 8.81. The van der Waals surface area contributed by atoms with Crippen molar-refractivity contribution in [3.8, 4) is 0 Å². The highest BCUT2D eigenvalue weighted by molar-refractivity contribution is 9.10. The maximum Gasteiger partial charge on any atom is 0.404 e. The minimum atomic E-state index is -0.774. The molecule has 1 aromatic heterocycles. The molecule has 0 aliphatic rings. The molecule has 1 heterocycles. The lowest BCUT2D eigenvalue weighted by Crippen LogP contribution is -2.28. The van der Waals surface area contributed by atoms with E-state index in [1.54, 1.807) is 12.3 Å². The van der Waals surface area contributed by atoms with Crippen molar-refractivity contribution in [2.75, 3.05) is 11.9 Å². The number of amides is 1. The van der Waals surface area contributed by atoms with Crippen molar-refractivity contribution >= 4 is 28.0 Å². The van der Waals surface area contributed by atoms with E-state index in [0.29, 0.717) is 23.5 Å². The molecule has 0 aromatic carbocycles. The number of halogens is 1. The zero-order valence-corrected chi connectivity index (χ0v) is 10.4. The van der Waals surface area contributed by atoms with Crippen LogP contribution in [0.3, 0.4) is 0 Å². The van der Waals surface area contributed by atoms with Gasteiger partial charge in [0.25, 0.3) is 0 Å². The van der Waals surface area contributed by atoms with Crippen LogP contribution in [0, 0.1) is 0 Å². The maximum atomic E-state index is 10.6. The number of nitrogens with one attached hydrogen (secondary N) is 1. The molecule has 7 heteroatoms. The Morgan fingerprint density at radius 3 is 3.06 bits per heavy atom. The summed E-state index contributed by atoms with van der Waals surface area (Å²) in [5.41, 5.74) is 4.93. The summed E-state index contributed by atoms with van der Waals surface area (Å²) < 4.78 is 5.55. The van der Waals surface area contributed by atoms with Crippen LogP contribution in [0.2, 0.25) is 0 Å². The monoisotopic (exact) mass is 288 g/mol. The van der Waals surface area contributed by atoms with Crippen LogP contribution in [0.25, 0.3) is 0 Å². The smallest absolute Gasteiger partial charge is 0.404 e. The fourth-order valence-electron chi connectivity index (χ4n) is 1.06. The van der Waals surface area contributed by atoms with E-state index in [1.807, 2.05) is 6.92 Å². The number of primary amides is 1. The summed E-state index contributed by atoms with van der Waals surface area (Å²) in [6, 6.07) is 1.72. The van der Waals surface area contributed by atoms with E-state index in [4.69, 9.17) is 10.5 Å². The van der Waals surface area contributed by atoms with Gasteiger partial charge in [-0.15, -0.1) is 0 Å². The highest BCUT2D eigenvalue weighted by Crippen LogP contribution is 2.07. The second kappa shape index (κ2) is 6.26. The van der Waals surface area contributed by atoms with Crippen LogP contribution in [0.5, 0.6) is 0 Å². The molecule has 1 atom stereocenters. The average molecular weight is 289 g/mol. The second-order valence-electron chi connectivity index (χ2n) is 3.05. The van der Waals surface area contributed by atoms with Crippen molar-refractivity contribution in [2.24, 2.45) is 5.73 Å². The topological polar surface area (TPSA) is 90.1 Å². The molecule has 1 unspecified atom stereocenters. The summed E-state index contributed by atoms with van der Waals surface area (Å²) in [6.45, 7) is 2.33. The lowest BCUT2D eigenvalue weighted by molar-refractivity contribution is 0.110. The van der Waals surface area contributed by atoms with Gasteiger partial charge in [0.1, 0.15) is 10.7 Å². The number of carbonyl (C=O) groups is 1. The lowest BCUT2D eigenvalue weighted by atomic mass is 10.3. The minimum Gasteiger partial charge on any atom is -0.445 e. The van der Waals surface area contributed by atoms with E-state index in [-0.39, 0.29) is 6.10 Å². The van der Waals surface area contributed by atoms with Crippen LogP contribution >= 0.6 is 15.9 Å². The fraction of sp³-hybridized carbons (Fsp3) is 0.444. The van der Waals surface area contributed by atoms with Gasteiger partial charge in [-0.05, 0) is 28.4 Å². The van der Waals surface area contributed by atoms with Crippen molar-refractivity contribution in [1.29, 1.82) is 0 Å². The lowest BCUT2D eigenvalue weighted by Gasteiger charge is -2.15. The van der Waals surface area contributed by atoms with E-state index >= 15 is 0 Å². The molecule has 1 aromatic rings. The van der Waals surface area contributed by atoms with Crippen molar-refractivity contribution in [3.05, 3.63) is 16.9 Å². The number of hydrogen-bond donors (Lipinski definition) is 2. The summed E-state index contributed by atoms with van der Waals surface area (Å²) >= 11 is 3.23. The van der Waals surface area contributed by atoms with Crippen LogP contribution in [-0.4, -0.2) is 28.7 Å². The first-order chi connectivity index (χ1) is 7.61. The van der Waals surface area contributed by atoms with E-state index in [9.17, 15) is 4.79 Å². The Balaban J connectivity index is 2.46. The Kier molecular flexibility index (Phi) is 4.97. The molecule has 1 amide bonds.